The van der Waals surface area contributed by atoms with Crippen molar-refractivity contribution in [2.75, 3.05) is 6.61 Å². The second kappa shape index (κ2) is 4.80. The number of carbonyl (C=O) groups excluding carboxylic acids is 1. The summed E-state index contributed by atoms with van der Waals surface area (Å²) in [4.78, 5) is 23.5. The second-order valence-corrected chi connectivity index (χ2v) is 3.75. The Morgan fingerprint density at radius 2 is 2.12 bits per heavy atom. The Balaban J connectivity index is 2.20. The van der Waals surface area contributed by atoms with Crippen LogP contribution >= 0.6 is 11.3 Å². The van der Waals surface area contributed by atoms with E-state index in [1.807, 2.05) is 5.38 Å². The van der Waals surface area contributed by atoms with Gasteiger partial charge in [0.25, 0.3) is 0 Å². The fraction of sp³-hybridized carbons (Fsp3) is 0.200. The molecule has 0 aromatic carbocycles. The largest absolute Gasteiger partial charge is 0.462 e. The number of hydrogen-bond donors (Lipinski definition) is 0. The van der Waals surface area contributed by atoms with Crippen molar-refractivity contribution in [1.82, 2.24) is 15.0 Å². The molecule has 0 bridgehead atoms. The Morgan fingerprint density at radius 3 is 2.69 bits per heavy atom. The zero-order valence-corrected chi connectivity index (χ0v) is 9.40. The van der Waals surface area contributed by atoms with E-state index in [1.54, 1.807) is 13.1 Å². The molecule has 0 aliphatic carbocycles. The van der Waals surface area contributed by atoms with Crippen LogP contribution in [0.3, 0.4) is 0 Å². The number of nitrogens with zero attached hydrogens (tertiary/aromatic N) is 3. The lowest BCUT2D eigenvalue weighted by Crippen LogP contribution is -2.06. The van der Waals surface area contributed by atoms with E-state index in [9.17, 15) is 4.79 Å². The summed E-state index contributed by atoms with van der Waals surface area (Å²) in [6, 6.07) is 0. The molecule has 0 unspecified atom stereocenters. The minimum atomic E-state index is -0.409. The van der Waals surface area contributed by atoms with Gasteiger partial charge in [-0.3, -0.25) is 0 Å². The lowest BCUT2D eigenvalue weighted by atomic mass is 10.3. The van der Waals surface area contributed by atoms with E-state index >= 15 is 0 Å². The lowest BCUT2D eigenvalue weighted by molar-refractivity contribution is 0.0525. The molecule has 2 heterocycles. The molecule has 0 saturated heterocycles. The summed E-state index contributed by atoms with van der Waals surface area (Å²) < 4.78 is 4.83. The minimum Gasteiger partial charge on any atom is -0.462 e. The first-order chi connectivity index (χ1) is 7.81. The lowest BCUT2D eigenvalue weighted by Gasteiger charge is -2.00. The number of aromatic nitrogens is 3. The maximum absolute atomic E-state index is 11.3. The Kier molecular flexibility index (Phi) is 3.21. The molecule has 2 rings (SSSR count). The molecule has 0 amide bonds. The summed E-state index contributed by atoms with van der Waals surface area (Å²) in [5, 5.41) is 2.58. The fourth-order valence-corrected chi connectivity index (χ4v) is 1.68. The summed E-state index contributed by atoms with van der Waals surface area (Å²) in [6.45, 7) is 2.09. The smallest absolute Gasteiger partial charge is 0.341 e. The van der Waals surface area contributed by atoms with Gasteiger partial charge in [0, 0.05) is 24.0 Å². The molecule has 0 N–H and O–H groups in total. The van der Waals surface area contributed by atoms with Crippen LogP contribution in [0.15, 0.2) is 24.0 Å². The average Bonchev–Trinajstić information content (AvgIpc) is 2.83. The number of ether oxygens (including phenoxy) is 1. The topological polar surface area (TPSA) is 65.0 Å². The number of carbonyl (C=O) groups is 1. The van der Waals surface area contributed by atoms with Gasteiger partial charge >= 0.3 is 5.97 Å². The Labute approximate surface area is 96.2 Å². The zero-order valence-electron chi connectivity index (χ0n) is 8.58. The third-order valence-electron chi connectivity index (χ3n) is 1.79. The van der Waals surface area contributed by atoms with Crippen LogP contribution in [0.2, 0.25) is 0 Å². The number of thiazole rings is 1. The Bertz CT molecular complexity index is 467. The number of esters is 1. The fourth-order valence-electron chi connectivity index (χ4n) is 1.09. The molecule has 16 heavy (non-hydrogen) atoms. The zero-order chi connectivity index (χ0) is 11.4. The highest BCUT2D eigenvalue weighted by Crippen LogP contribution is 2.16. The third-order valence-corrected chi connectivity index (χ3v) is 2.56. The molecule has 0 aliphatic heterocycles. The Morgan fingerprint density at radius 1 is 1.38 bits per heavy atom. The summed E-state index contributed by atoms with van der Waals surface area (Å²) in [7, 11) is 0. The van der Waals surface area contributed by atoms with Crippen LogP contribution in [-0.2, 0) is 4.74 Å². The van der Waals surface area contributed by atoms with E-state index in [0.717, 1.165) is 5.01 Å². The van der Waals surface area contributed by atoms with Crippen molar-refractivity contribution in [2.24, 2.45) is 0 Å². The van der Waals surface area contributed by atoms with E-state index < -0.39 is 5.97 Å². The van der Waals surface area contributed by atoms with Crippen molar-refractivity contribution < 1.29 is 9.53 Å². The van der Waals surface area contributed by atoms with E-state index in [4.69, 9.17) is 4.74 Å². The predicted molar refractivity (Wildman–Crippen MR) is 59.1 cm³/mol. The van der Waals surface area contributed by atoms with Gasteiger partial charge in [-0.05, 0) is 6.92 Å². The van der Waals surface area contributed by atoms with Crippen LogP contribution in [0.25, 0.3) is 10.8 Å². The molecule has 0 saturated carbocycles. The minimum absolute atomic E-state index is 0.340. The van der Waals surface area contributed by atoms with Crippen LogP contribution in [0.1, 0.15) is 17.3 Å². The second-order valence-electron chi connectivity index (χ2n) is 2.85. The van der Waals surface area contributed by atoms with Crippen molar-refractivity contribution in [3.8, 4) is 10.8 Å². The van der Waals surface area contributed by atoms with E-state index in [2.05, 4.69) is 15.0 Å². The normalized spacial score (nSPS) is 10.1. The SMILES string of the molecule is CCOC(=O)c1cnc(-c2nccs2)nc1. The summed E-state index contributed by atoms with van der Waals surface area (Å²) in [6.07, 6.45) is 4.58. The monoisotopic (exact) mass is 235 g/mol. The van der Waals surface area contributed by atoms with Crippen LogP contribution in [0.4, 0.5) is 0 Å². The van der Waals surface area contributed by atoms with Crippen molar-refractivity contribution in [3.05, 3.63) is 29.5 Å². The molecule has 0 atom stereocenters. The molecule has 6 heteroatoms. The molecule has 82 valence electrons. The number of hydrogen-bond acceptors (Lipinski definition) is 6. The number of rotatable bonds is 3. The predicted octanol–water partition coefficient (Wildman–Crippen LogP) is 1.78. The summed E-state index contributed by atoms with van der Waals surface area (Å²) in [5.41, 5.74) is 0.349. The van der Waals surface area contributed by atoms with Crippen LogP contribution < -0.4 is 0 Å². The molecule has 5 nitrogen and oxygen atoms in total. The maximum Gasteiger partial charge on any atom is 0.341 e. The van der Waals surface area contributed by atoms with Crippen molar-refractivity contribution in [2.45, 2.75) is 6.92 Å². The third kappa shape index (κ3) is 2.22. The van der Waals surface area contributed by atoms with Gasteiger partial charge in [0.15, 0.2) is 10.8 Å². The van der Waals surface area contributed by atoms with E-state index in [1.165, 1.54) is 23.7 Å². The summed E-state index contributed by atoms with van der Waals surface area (Å²) in [5.74, 6) is 0.108. The van der Waals surface area contributed by atoms with Gasteiger partial charge in [0.1, 0.15) is 0 Å². The first-order valence-corrected chi connectivity index (χ1v) is 5.58. The Hall–Kier alpha value is -1.82. The van der Waals surface area contributed by atoms with Crippen LogP contribution in [0, 0.1) is 0 Å². The van der Waals surface area contributed by atoms with Gasteiger partial charge in [0.2, 0.25) is 0 Å². The molecule has 2 aromatic rings. The molecular weight excluding hydrogens is 226 g/mol. The van der Waals surface area contributed by atoms with Gasteiger partial charge in [-0.2, -0.15) is 0 Å². The van der Waals surface area contributed by atoms with Crippen LogP contribution in [0.5, 0.6) is 0 Å². The van der Waals surface area contributed by atoms with Gasteiger partial charge in [-0.25, -0.2) is 19.7 Å². The summed E-state index contributed by atoms with van der Waals surface area (Å²) >= 11 is 1.45. The first-order valence-electron chi connectivity index (χ1n) is 4.70. The van der Waals surface area contributed by atoms with Crippen LogP contribution in [-0.4, -0.2) is 27.5 Å². The average molecular weight is 235 g/mol. The molecule has 0 radical (unpaired) electrons. The van der Waals surface area contributed by atoms with Crippen molar-refractivity contribution in [1.29, 1.82) is 0 Å². The first kappa shape index (κ1) is 10.7. The molecule has 0 fully saturated rings. The molecule has 2 aromatic heterocycles. The van der Waals surface area contributed by atoms with Gasteiger partial charge in [-0.1, -0.05) is 0 Å². The quantitative estimate of drug-likeness (QED) is 0.759. The van der Waals surface area contributed by atoms with E-state index in [0.29, 0.717) is 18.0 Å². The highest BCUT2D eigenvalue weighted by Gasteiger charge is 2.09. The van der Waals surface area contributed by atoms with Gasteiger partial charge < -0.3 is 4.74 Å². The maximum atomic E-state index is 11.3. The van der Waals surface area contributed by atoms with Crippen molar-refractivity contribution >= 4 is 17.3 Å². The van der Waals surface area contributed by atoms with Crippen molar-refractivity contribution in [3.63, 3.8) is 0 Å². The molecular formula is C10H9N3O2S. The molecule has 0 aliphatic rings. The highest BCUT2D eigenvalue weighted by atomic mass is 32.1. The van der Waals surface area contributed by atoms with Gasteiger partial charge in [-0.15, -0.1) is 11.3 Å². The van der Waals surface area contributed by atoms with Gasteiger partial charge in [0.05, 0.1) is 12.2 Å². The molecule has 0 spiro atoms. The standard InChI is InChI=1S/C10H9N3O2S/c1-2-15-10(14)7-5-12-8(13-6-7)9-11-3-4-16-9/h3-6H,2H2,1H3. The highest BCUT2D eigenvalue weighted by molar-refractivity contribution is 7.12. The van der Waals surface area contributed by atoms with E-state index in [-0.39, 0.29) is 0 Å².